The molecule has 0 aliphatic carbocycles. The van der Waals surface area contributed by atoms with E-state index >= 15 is 0 Å². The van der Waals surface area contributed by atoms with Crippen molar-refractivity contribution in [3.63, 3.8) is 0 Å². The van der Waals surface area contributed by atoms with Gasteiger partial charge in [0.2, 0.25) is 0 Å². The summed E-state index contributed by atoms with van der Waals surface area (Å²) < 4.78 is 22.5. The quantitative estimate of drug-likeness (QED) is 0.461. The predicted octanol–water partition coefficient (Wildman–Crippen LogP) is 0.102. The summed E-state index contributed by atoms with van der Waals surface area (Å²) in [4.78, 5) is 2.26. The Hall–Kier alpha value is 0.0300. The number of rotatable bonds is 7. The summed E-state index contributed by atoms with van der Waals surface area (Å²) in [6.45, 7) is 7.74. The van der Waals surface area contributed by atoms with E-state index in [1.165, 1.54) is 0 Å². The molecule has 0 aromatic rings. The second kappa shape index (κ2) is 7.67. The number of hydrogen-bond donors (Lipinski definition) is 1. The van der Waals surface area contributed by atoms with E-state index in [0.29, 0.717) is 6.54 Å². The summed E-state index contributed by atoms with van der Waals surface area (Å²) in [6, 6.07) is 0. The monoisotopic (exact) mass is 193 g/mol. The van der Waals surface area contributed by atoms with Gasteiger partial charge in [-0.1, -0.05) is 13.8 Å². The molecule has 0 saturated carbocycles. The molecule has 0 spiro atoms. The van der Waals surface area contributed by atoms with Crippen LogP contribution in [0.2, 0.25) is 0 Å². The predicted molar refractivity (Wildman–Crippen MR) is 49.3 cm³/mol. The number of nitrogens with zero attached hydrogens (tertiary/aromatic N) is 1. The second-order valence-electron chi connectivity index (χ2n) is 2.51. The standard InChI is InChI=1S/C7H18N2O2S/c1-3-9(4-2)7-5-6-8-12(10)11/h8H,3-7H2,1-2H3,(H,10,11)/p-1. The Morgan fingerprint density at radius 2 is 2.00 bits per heavy atom. The van der Waals surface area contributed by atoms with Crippen LogP contribution in [0, 0.1) is 0 Å². The van der Waals surface area contributed by atoms with Gasteiger partial charge >= 0.3 is 0 Å². The molecular formula is C7H17N2O2S-. The third-order valence-corrected chi connectivity index (χ3v) is 2.21. The average Bonchev–Trinajstić information content (AvgIpc) is 2.04. The van der Waals surface area contributed by atoms with Crippen LogP contribution in [-0.2, 0) is 11.3 Å². The molecule has 0 saturated heterocycles. The van der Waals surface area contributed by atoms with E-state index < -0.39 is 11.3 Å². The van der Waals surface area contributed by atoms with Crippen molar-refractivity contribution in [3.05, 3.63) is 0 Å². The minimum Gasteiger partial charge on any atom is -0.760 e. The fourth-order valence-electron chi connectivity index (χ4n) is 0.998. The van der Waals surface area contributed by atoms with Gasteiger partial charge in [-0.25, -0.2) is 4.72 Å². The first-order valence-electron chi connectivity index (χ1n) is 4.25. The molecule has 0 aromatic carbocycles. The fraction of sp³-hybridized carbons (Fsp3) is 1.00. The zero-order chi connectivity index (χ0) is 9.40. The van der Waals surface area contributed by atoms with Crippen molar-refractivity contribution in [2.75, 3.05) is 26.2 Å². The zero-order valence-corrected chi connectivity index (χ0v) is 8.52. The molecule has 0 fully saturated rings. The Morgan fingerprint density at radius 1 is 1.42 bits per heavy atom. The highest BCUT2D eigenvalue weighted by atomic mass is 32.2. The van der Waals surface area contributed by atoms with E-state index in [1.807, 2.05) is 0 Å². The van der Waals surface area contributed by atoms with Gasteiger partial charge < -0.3 is 9.45 Å². The Morgan fingerprint density at radius 3 is 2.42 bits per heavy atom. The Kier molecular flexibility index (Phi) is 7.69. The van der Waals surface area contributed by atoms with E-state index in [0.717, 1.165) is 26.1 Å². The summed E-state index contributed by atoms with van der Waals surface area (Å²) in [5, 5.41) is 0. The Labute approximate surface area is 76.8 Å². The normalized spacial score (nSPS) is 13.7. The molecule has 0 radical (unpaired) electrons. The van der Waals surface area contributed by atoms with Crippen LogP contribution in [0.1, 0.15) is 20.3 Å². The summed E-state index contributed by atoms with van der Waals surface area (Å²) >= 11 is -2.10. The van der Waals surface area contributed by atoms with Gasteiger partial charge in [0, 0.05) is 17.8 Å². The van der Waals surface area contributed by atoms with E-state index in [4.69, 9.17) is 0 Å². The molecule has 0 aliphatic heterocycles. The number of nitrogens with one attached hydrogen (secondary N) is 1. The van der Waals surface area contributed by atoms with Crippen molar-refractivity contribution in [1.29, 1.82) is 0 Å². The molecule has 0 bridgehead atoms. The van der Waals surface area contributed by atoms with Gasteiger partial charge in [-0.15, -0.1) is 0 Å². The van der Waals surface area contributed by atoms with Crippen LogP contribution in [0.25, 0.3) is 0 Å². The molecule has 0 heterocycles. The molecule has 0 rings (SSSR count). The van der Waals surface area contributed by atoms with Crippen molar-refractivity contribution in [2.24, 2.45) is 0 Å². The van der Waals surface area contributed by atoms with Crippen LogP contribution < -0.4 is 4.72 Å². The van der Waals surface area contributed by atoms with Gasteiger partial charge in [0.1, 0.15) is 0 Å². The lowest BCUT2D eigenvalue weighted by molar-refractivity contribution is 0.300. The first-order valence-corrected chi connectivity index (χ1v) is 5.33. The van der Waals surface area contributed by atoms with Crippen LogP contribution in [0.15, 0.2) is 0 Å². The summed E-state index contributed by atoms with van der Waals surface area (Å²) in [5.74, 6) is 0. The Balaban J connectivity index is 3.23. The first kappa shape index (κ1) is 12.0. The molecule has 1 unspecified atom stereocenters. The molecule has 12 heavy (non-hydrogen) atoms. The van der Waals surface area contributed by atoms with Gasteiger partial charge in [0.05, 0.1) is 0 Å². The summed E-state index contributed by atoms with van der Waals surface area (Å²) in [7, 11) is 0. The molecule has 0 aliphatic rings. The highest BCUT2D eigenvalue weighted by molar-refractivity contribution is 7.77. The summed E-state index contributed by atoms with van der Waals surface area (Å²) in [5.41, 5.74) is 0. The van der Waals surface area contributed by atoms with Gasteiger partial charge in [0.15, 0.2) is 0 Å². The lowest BCUT2D eigenvalue weighted by Gasteiger charge is -2.17. The SMILES string of the molecule is CCN(CC)CCCNS(=O)[O-]. The largest absolute Gasteiger partial charge is 0.760 e. The van der Waals surface area contributed by atoms with Crippen LogP contribution in [0.4, 0.5) is 0 Å². The smallest absolute Gasteiger partial charge is 0.0181 e. The van der Waals surface area contributed by atoms with Crippen LogP contribution in [0.3, 0.4) is 0 Å². The van der Waals surface area contributed by atoms with Gasteiger partial charge in [0.25, 0.3) is 0 Å². The molecule has 0 amide bonds. The number of hydrogen-bond acceptors (Lipinski definition) is 3. The van der Waals surface area contributed by atoms with Crippen LogP contribution in [-0.4, -0.2) is 39.8 Å². The lowest BCUT2D eigenvalue weighted by atomic mass is 10.4. The fourth-order valence-corrected chi connectivity index (χ4v) is 1.31. The zero-order valence-electron chi connectivity index (χ0n) is 7.71. The van der Waals surface area contributed by atoms with Gasteiger partial charge in [-0.05, 0) is 26.1 Å². The highest BCUT2D eigenvalue weighted by Crippen LogP contribution is 1.88. The summed E-state index contributed by atoms with van der Waals surface area (Å²) in [6.07, 6.45) is 0.871. The average molecular weight is 193 g/mol. The molecular weight excluding hydrogens is 176 g/mol. The topological polar surface area (TPSA) is 55.4 Å². The van der Waals surface area contributed by atoms with Crippen molar-refractivity contribution in [1.82, 2.24) is 9.62 Å². The van der Waals surface area contributed by atoms with E-state index in [-0.39, 0.29) is 0 Å². The molecule has 1 N–H and O–H groups in total. The maximum Gasteiger partial charge on any atom is 0.0181 e. The Bertz CT molecular complexity index is 129. The maximum atomic E-state index is 10.1. The first-order chi connectivity index (χ1) is 5.70. The van der Waals surface area contributed by atoms with Gasteiger partial charge in [-0.3, -0.25) is 4.21 Å². The van der Waals surface area contributed by atoms with Crippen LogP contribution in [0.5, 0.6) is 0 Å². The van der Waals surface area contributed by atoms with E-state index in [1.54, 1.807) is 0 Å². The van der Waals surface area contributed by atoms with Gasteiger partial charge in [-0.2, -0.15) is 0 Å². The minimum atomic E-state index is -2.10. The van der Waals surface area contributed by atoms with Crippen molar-refractivity contribution < 1.29 is 8.76 Å². The van der Waals surface area contributed by atoms with Crippen molar-refractivity contribution >= 4 is 11.3 Å². The minimum absolute atomic E-state index is 0.534. The molecule has 4 nitrogen and oxygen atoms in total. The third kappa shape index (κ3) is 6.72. The van der Waals surface area contributed by atoms with Crippen LogP contribution >= 0.6 is 0 Å². The molecule has 0 aromatic heterocycles. The highest BCUT2D eigenvalue weighted by Gasteiger charge is 1.96. The van der Waals surface area contributed by atoms with Crippen molar-refractivity contribution in [3.8, 4) is 0 Å². The lowest BCUT2D eigenvalue weighted by Crippen LogP contribution is -2.27. The molecule has 74 valence electrons. The third-order valence-electron chi connectivity index (χ3n) is 1.77. The van der Waals surface area contributed by atoms with Crippen molar-refractivity contribution in [2.45, 2.75) is 20.3 Å². The van der Waals surface area contributed by atoms with E-state index in [9.17, 15) is 8.76 Å². The van der Waals surface area contributed by atoms with E-state index in [2.05, 4.69) is 23.5 Å². The second-order valence-corrected chi connectivity index (χ2v) is 3.27. The molecule has 1 atom stereocenters. The maximum absolute atomic E-state index is 10.1. The molecule has 5 heteroatoms.